The van der Waals surface area contributed by atoms with Gasteiger partial charge in [-0.15, -0.1) is 0 Å². The summed E-state index contributed by atoms with van der Waals surface area (Å²) in [6.07, 6.45) is 3.80. The Morgan fingerprint density at radius 3 is 2.42 bits per heavy atom. The normalized spacial score (nSPS) is 15.9. The Morgan fingerprint density at radius 1 is 1.04 bits per heavy atom. The van der Waals surface area contributed by atoms with E-state index < -0.39 is 5.54 Å². The van der Waals surface area contributed by atoms with Crippen molar-refractivity contribution in [2.24, 2.45) is 0 Å². The van der Waals surface area contributed by atoms with E-state index in [0.29, 0.717) is 12.2 Å². The molecule has 0 aromatic heterocycles. The van der Waals surface area contributed by atoms with E-state index in [-0.39, 0.29) is 18.1 Å². The van der Waals surface area contributed by atoms with Crippen LogP contribution >= 0.6 is 0 Å². The molecule has 0 bridgehead atoms. The molecule has 24 heavy (non-hydrogen) atoms. The van der Waals surface area contributed by atoms with E-state index >= 15 is 0 Å². The molecule has 1 fully saturated rings. The molecular formula is C20H22FNO2. The van der Waals surface area contributed by atoms with Gasteiger partial charge in [-0.2, -0.15) is 0 Å². The van der Waals surface area contributed by atoms with E-state index in [1.54, 1.807) is 12.1 Å². The number of benzene rings is 2. The maximum Gasteiger partial charge on any atom is 0.224 e. The van der Waals surface area contributed by atoms with Crippen LogP contribution in [0, 0.1) is 5.82 Å². The van der Waals surface area contributed by atoms with Gasteiger partial charge in [0.15, 0.2) is 0 Å². The summed E-state index contributed by atoms with van der Waals surface area (Å²) < 4.78 is 19.8. The summed E-state index contributed by atoms with van der Waals surface area (Å²) in [5.74, 6) is 0.395. The monoisotopic (exact) mass is 327 g/mol. The number of ether oxygens (including phenoxy) is 1. The third-order valence-electron chi connectivity index (χ3n) is 4.57. The largest absolute Gasteiger partial charge is 0.493 e. The number of rotatable bonds is 6. The van der Waals surface area contributed by atoms with Crippen molar-refractivity contribution in [1.82, 2.24) is 5.32 Å². The number of amides is 1. The number of para-hydroxylation sites is 1. The Hall–Kier alpha value is -2.36. The lowest BCUT2D eigenvalue weighted by Crippen LogP contribution is -2.44. The van der Waals surface area contributed by atoms with Crippen LogP contribution in [0.3, 0.4) is 0 Å². The molecule has 0 saturated heterocycles. The van der Waals surface area contributed by atoms with E-state index in [2.05, 4.69) is 5.32 Å². The molecule has 2 aromatic carbocycles. The van der Waals surface area contributed by atoms with E-state index in [1.165, 1.54) is 6.07 Å². The van der Waals surface area contributed by atoms with Crippen LogP contribution in [0.5, 0.6) is 5.75 Å². The van der Waals surface area contributed by atoms with Crippen LogP contribution in [0.2, 0.25) is 0 Å². The predicted molar refractivity (Wildman–Crippen MR) is 91.2 cm³/mol. The molecule has 1 aliphatic rings. The van der Waals surface area contributed by atoms with Crippen LogP contribution in [0.25, 0.3) is 0 Å². The van der Waals surface area contributed by atoms with Crippen LogP contribution in [-0.2, 0) is 10.3 Å². The highest BCUT2D eigenvalue weighted by molar-refractivity contribution is 5.77. The molecule has 0 aliphatic heterocycles. The van der Waals surface area contributed by atoms with Crippen LogP contribution in [0.1, 0.15) is 37.7 Å². The Kier molecular flexibility index (Phi) is 5.14. The number of carbonyl (C=O) groups is 1. The molecule has 3 nitrogen and oxygen atoms in total. The first-order valence-electron chi connectivity index (χ1n) is 8.43. The van der Waals surface area contributed by atoms with Crippen molar-refractivity contribution >= 4 is 5.91 Å². The average Bonchev–Trinajstić information content (AvgIpc) is 3.05. The summed E-state index contributed by atoms with van der Waals surface area (Å²) in [7, 11) is 0. The third kappa shape index (κ3) is 3.75. The highest BCUT2D eigenvalue weighted by Gasteiger charge is 2.38. The van der Waals surface area contributed by atoms with Crippen molar-refractivity contribution in [2.45, 2.75) is 37.6 Å². The van der Waals surface area contributed by atoms with Gasteiger partial charge in [-0.25, -0.2) is 4.39 Å². The fourth-order valence-corrected chi connectivity index (χ4v) is 3.40. The predicted octanol–water partition coefficient (Wildman–Crippen LogP) is 4.18. The molecule has 0 heterocycles. The van der Waals surface area contributed by atoms with Gasteiger partial charge in [0.25, 0.3) is 0 Å². The van der Waals surface area contributed by atoms with Crippen molar-refractivity contribution in [3.8, 4) is 5.75 Å². The molecule has 0 spiro atoms. The molecule has 0 radical (unpaired) electrons. The lowest BCUT2D eigenvalue weighted by Gasteiger charge is -2.31. The van der Waals surface area contributed by atoms with Crippen molar-refractivity contribution < 1.29 is 13.9 Å². The van der Waals surface area contributed by atoms with Gasteiger partial charge >= 0.3 is 0 Å². The van der Waals surface area contributed by atoms with Crippen molar-refractivity contribution in [1.29, 1.82) is 0 Å². The summed E-state index contributed by atoms with van der Waals surface area (Å²) in [4.78, 5) is 12.4. The SMILES string of the molecule is O=C(CCOc1ccccc1)NC1(c2ccccc2F)CCCC1. The van der Waals surface area contributed by atoms with Gasteiger partial charge in [0.05, 0.1) is 18.6 Å². The van der Waals surface area contributed by atoms with E-state index in [0.717, 1.165) is 31.4 Å². The van der Waals surface area contributed by atoms with Crippen LogP contribution in [0.4, 0.5) is 4.39 Å². The average molecular weight is 327 g/mol. The summed E-state index contributed by atoms with van der Waals surface area (Å²) in [5, 5.41) is 3.08. The third-order valence-corrected chi connectivity index (χ3v) is 4.57. The molecule has 1 saturated carbocycles. The van der Waals surface area contributed by atoms with Crippen molar-refractivity contribution in [3.05, 3.63) is 66.0 Å². The molecule has 0 atom stereocenters. The Bertz CT molecular complexity index is 681. The molecule has 0 unspecified atom stereocenters. The van der Waals surface area contributed by atoms with Crippen LogP contribution < -0.4 is 10.1 Å². The molecule has 1 aliphatic carbocycles. The van der Waals surface area contributed by atoms with Gasteiger partial charge in [-0.3, -0.25) is 4.79 Å². The summed E-state index contributed by atoms with van der Waals surface area (Å²) in [5.41, 5.74) is 0.0228. The smallest absolute Gasteiger partial charge is 0.224 e. The van der Waals surface area contributed by atoms with Crippen molar-refractivity contribution in [3.63, 3.8) is 0 Å². The molecule has 4 heteroatoms. The zero-order valence-electron chi connectivity index (χ0n) is 13.6. The fraction of sp³-hybridized carbons (Fsp3) is 0.350. The topological polar surface area (TPSA) is 38.3 Å². The fourth-order valence-electron chi connectivity index (χ4n) is 3.40. The van der Waals surface area contributed by atoms with Crippen molar-refractivity contribution in [2.75, 3.05) is 6.61 Å². The standard InChI is InChI=1S/C20H22FNO2/c21-18-11-5-4-10-17(18)20(13-6-7-14-20)22-19(23)12-15-24-16-8-2-1-3-9-16/h1-5,8-11H,6-7,12-15H2,(H,22,23). The first-order valence-corrected chi connectivity index (χ1v) is 8.43. The van der Waals surface area contributed by atoms with Gasteiger partial charge in [0.2, 0.25) is 5.91 Å². The zero-order valence-corrected chi connectivity index (χ0v) is 13.6. The van der Waals surface area contributed by atoms with E-state index in [4.69, 9.17) is 4.74 Å². The minimum absolute atomic E-state index is 0.101. The summed E-state index contributed by atoms with van der Waals surface area (Å²) >= 11 is 0. The highest BCUT2D eigenvalue weighted by Crippen LogP contribution is 2.39. The van der Waals surface area contributed by atoms with Crippen LogP contribution in [-0.4, -0.2) is 12.5 Å². The van der Waals surface area contributed by atoms with Gasteiger partial charge in [-0.1, -0.05) is 49.2 Å². The Labute approximate surface area is 141 Å². The minimum atomic E-state index is -0.574. The Balaban J connectivity index is 1.61. The first kappa shape index (κ1) is 16.5. The molecule has 3 rings (SSSR count). The molecular weight excluding hydrogens is 305 g/mol. The molecule has 1 N–H and O–H groups in total. The van der Waals surface area contributed by atoms with Gasteiger partial charge < -0.3 is 10.1 Å². The molecule has 1 amide bonds. The number of hydrogen-bond donors (Lipinski definition) is 1. The Morgan fingerprint density at radius 2 is 1.71 bits per heavy atom. The number of hydrogen-bond acceptors (Lipinski definition) is 2. The second-order valence-corrected chi connectivity index (χ2v) is 6.23. The number of carbonyl (C=O) groups excluding carboxylic acids is 1. The molecule has 126 valence electrons. The first-order chi connectivity index (χ1) is 11.7. The molecule has 2 aromatic rings. The minimum Gasteiger partial charge on any atom is -0.493 e. The summed E-state index contributed by atoms with van der Waals surface area (Å²) in [6, 6.07) is 16.1. The second kappa shape index (κ2) is 7.47. The zero-order chi connectivity index (χ0) is 16.8. The maximum absolute atomic E-state index is 14.2. The summed E-state index contributed by atoms with van der Waals surface area (Å²) in [6.45, 7) is 0.309. The highest BCUT2D eigenvalue weighted by atomic mass is 19.1. The van der Waals surface area contributed by atoms with Crippen LogP contribution in [0.15, 0.2) is 54.6 Å². The second-order valence-electron chi connectivity index (χ2n) is 6.23. The number of nitrogens with one attached hydrogen (secondary N) is 1. The quantitative estimate of drug-likeness (QED) is 0.864. The van der Waals surface area contributed by atoms with Gasteiger partial charge in [0.1, 0.15) is 11.6 Å². The van der Waals surface area contributed by atoms with E-state index in [9.17, 15) is 9.18 Å². The maximum atomic E-state index is 14.2. The number of halogens is 1. The lowest BCUT2D eigenvalue weighted by atomic mass is 9.87. The lowest BCUT2D eigenvalue weighted by molar-refractivity contribution is -0.123. The van der Waals surface area contributed by atoms with Gasteiger partial charge in [-0.05, 0) is 31.0 Å². The van der Waals surface area contributed by atoms with Gasteiger partial charge in [0, 0.05) is 5.56 Å². The van der Waals surface area contributed by atoms with E-state index in [1.807, 2.05) is 36.4 Å².